The molecular weight excluding hydrogens is 632 g/mol. The van der Waals surface area contributed by atoms with Crippen LogP contribution in [0.5, 0.6) is 28.7 Å². The Bertz CT molecular complexity index is 1530. The van der Waals surface area contributed by atoms with E-state index in [1.165, 1.54) is 30.3 Å². The van der Waals surface area contributed by atoms with Gasteiger partial charge in [0.05, 0.1) is 6.10 Å². The third kappa shape index (κ3) is 16.3. The predicted molar refractivity (Wildman–Crippen MR) is 208 cm³/mol. The highest BCUT2D eigenvalue weighted by molar-refractivity contribution is 5.90. The molecule has 0 aliphatic carbocycles. The molecule has 0 saturated carbocycles. The molecule has 0 amide bonds. The molecule has 1 aromatic heterocycles. The van der Waals surface area contributed by atoms with Crippen LogP contribution in [0.2, 0.25) is 0 Å². The van der Waals surface area contributed by atoms with Gasteiger partial charge in [0, 0.05) is 24.1 Å². The predicted octanol–water partition coefficient (Wildman–Crippen LogP) is 11.9. The molecule has 0 atom stereocenters. The smallest absolute Gasteiger partial charge is 0.311 e. The summed E-state index contributed by atoms with van der Waals surface area (Å²) in [5, 5.41) is 30.1. The quantitative estimate of drug-likeness (QED) is 0.0551. The van der Waals surface area contributed by atoms with Crippen LogP contribution < -0.4 is 14.9 Å². The number of unbranched alkanes of at least 4 members (excludes halogenated alkanes) is 5. The van der Waals surface area contributed by atoms with Gasteiger partial charge in [-0.1, -0.05) is 104 Å². The van der Waals surface area contributed by atoms with Crippen molar-refractivity contribution in [3.63, 3.8) is 0 Å². The summed E-state index contributed by atoms with van der Waals surface area (Å²) < 4.78 is 17.3. The Morgan fingerprint density at radius 1 is 0.780 bits per heavy atom. The SMILES string of the molecule is CC.CC.CC.CC/C=C\C/C=C\C/C=C\CCCCCCCC(=O)Oc1c(-c2ccc(O)c(O)c2)oc2cc(O)cc(OC(C)C)c2c1=O. The summed E-state index contributed by atoms with van der Waals surface area (Å²) in [7, 11) is 0. The average Bonchev–Trinajstić information content (AvgIpc) is 3.11. The monoisotopic (exact) mass is 694 g/mol. The van der Waals surface area contributed by atoms with Crippen molar-refractivity contribution in [1.82, 2.24) is 0 Å². The molecule has 0 aliphatic heterocycles. The molecule has 0 radical (unpaired) electrons. The number of benzene rings is 2. The van der Waals surface area contributed by atoms with E-state index in [-0.39, 0.29) is 57.8 Å². The summed E-state index contributed by atoms with van der Waals surface area (Å²) in [5.74, 6) is -1.96. The largest absolute Gasteiger partial charge is 0.508 e. The van der Waals surface area contributed by atoms with Crippen molar-refractivity contribution in [1.29, 1.82) is 0 Å². The van der Waals surface area contributed by atoms with E-state index in [9.17, 15) is 24.9 Å². The number of aromatic hydroxyl groups is 3. The minimum absolute atomic E-state index is 0.0131. The number of allylic oxidation sites excluding steroid dienone is 6. The molecule has 3 aromatic rings. The average molecular weight is 695 g/mol. The highest BCUT2D eigenvalue weighted by Gasteiger charge is 2.24. The molecule has 278 valence electrons. The number of hydrogen-bond acceptors (Lipinski definition) is 8. The zero-order chi connectivity index (χ0) is 37.9. The van der Waals surface area contributed by atoms with Gasteiger partial charge in [-0.25, -0.2) is 0 Å². The van der Waals surface area contributed by atoms with Gasteiger partial charge in [0.15, 0.2) is 17.3 Å². The Kier molecular flexibility index (Phi) is 24.9. The Morgan fingerprint density at radius 3 is 2.00 bits per heavy atom. The number of carbonyl (C=O) groups excluding carboxylic acids is 1. The highest BCUT2D eigenvalue weighted by atomic mass is 16.5. The van der Waals surface area contributed by atoms with Crippen LogP contribution in [0.1, 0.15) is 127 Å². The third-order valence-electron chi connectivity index (χ3n) is 6.75. The van der Waals surface area contributed by atoms with E-state index in [0.717, 1.165) is 51.4 Å². The second kappa shape index (κ2) is 27.4. The normalized spacial score (nSPS) is 10.8. The van der Waals surface area contributed by atoms with E-state index in [1.807, 2.05) is 41.5 Å². The molecule has 8 heteroatoms. The summed E-state index contributed by atoms with van der Waals surface area (Å²) in [6.45, 7) is 17.7. The van der Waals surface area contributed by atoms with Crippen LogP contribution in [0.4, 0.5) is 0 Å². The number of fused-ring (bicyclic) bond motifs is 1. The molecule has 0 spiro atoms. The minimum atomic E-state index is -0.658. The first-order chi connectivity index (χ1) is 24.2. The first-order valence-corrected chi connectivity index (χ1v) is 18.4. The van der Waals surface area contributed by atoms with Crippen molar-refractivity contribution >= 4 is 16.9 Å². The van der Waals surface area contributed by atoms with E-state index in [0.29, 0.717) is 6.42 Å². The lowest BCUT2D eigenvalue weighted by Crippen LogP contribution is -2.17. The topological polar surface area (TPSA) is 126 Å². The maximum absolute atomic E-state index is 13.7. The standard InChI is InChI=1S/C36H44O8.3C2H6/c1-4-5-6-7-8-9-10-11-12-13-14-15-16-17-18-19-32(40)44-36-34(41)33-30(42-25(2)3)23-27(37)24-31(33)43-35(36)26-20-21-28(38)29(39)22-26;3*1-2/h5-6,8-9,11-12,20-25,37-39H,4,7,10,13-19H2,1-3H3;3*1-2H3/b6-5-,9-8-,12-11-;;;. The summed E-state index contributed by atoms with van der Waals surface area (Å²) in [6.07, 6.45) is 21.5. The highest BCUT2D eigenvalue weighted by Crippen LogP contribution is 2.39. The summed E-state index contributed by atoms with van der Waals surface area (Å²) in [6, 6.07) is 6.42. The maximum Gasteiger partial charge on any atom is 0.311 e. The third-order valence-corrected chi connectivity index (χ3v) is 6.75. The van der Waals surface area contributed by atoms with Crippen LogP contribution in [0.25, 0.3) is 22.3 Å². The Morgan fingerprint density at radius 2 is 1.38 bits per heavy atom. The molecule has 0 bridgehead atoms. The zero-order valence-corrected chi connectivity index (χ0v) is 31.9. The van der Waals surface area contributed by atoms with Crippen LogP contribution in [-0.4, -0.2) is 27.4 Å². The van der Waals surface area contributed by atoms with Gasteiger partial charge in [-0.3, -0.25) is 9.59 Å². The molecule has 0 unspecified atom stereocenters. The molecular formula is C42H62O8. The van der Waals surface area contributed by atoms with E-state index in [2.05, 4.69) is 43.4 Å². The van der Waals surface area contributed by atoms with Gasteiger partial charge in [-0.2, -0.15) is 0 Å². The van der Waals surface area contributed by atoms with Crippen molar-refractivity contribution in [2.24, 2.45) is 0 Å². The molecule has 8 nitrogen and oxygen atoms in total. The molecule has 0 aliphatic rings. The number of ether oxygens (including phenoxy) is 2. The summed E-state index contributed by atoms with van der Waals surface area (Å²) in [5.41, 5.74) is -0.445. The summed E-state index contributed by atoms with van der Waals surface area (Å²) in [4.78, 5) is 26.6. The van der Waals surface area contributed by atoms with Crippen molar-refractivity contribution in [3.8, 4) is 40.1 Å². The van der Waals surface area contributed by atoms with Gasteiger partial charge < -0.3 is 29.2 Å². The van der Waals surface area contributed by atoms with Gasteiger partial charge >= 0.3 is 5.97 Å². The van der Waals surface area contributed by atoms with Crippen molar-refractivity contribution < 1.29 is 34.0 Å². The molecule has 3 N–H and O–H groups in total. The van der Waals surface area contributed by atoms with E-state index >= 15 is 0 Å². The van der Waals surface area contributed by atoms with Crippen LogP contribution in [0.3, 0.4) is 0 Å². The Hall–Kier alpha value is -4.46. The molecule has 2 aromatic carbocycles. The molecule has 0 fully saturated rings. The molecule has 50 heavy (non-hydrogen) atoms. The first-order valence-electron chi connectivity index (χ1n) is 18.4. The number of carbonyl (C=O) groups is 1. The van der Waals surface area contributed by atoms with Crippen LogP contribution in [0, 0.1) is 0 Å². The number of esters is 1. The lowest BCUT2D eigenvalue weighted by molar-refractivity contribution is -0.134. The van der Waals surface area contributed by atoms with Crippen molar-refractivity contribution in [2.45, 2.75) is 133 Å². The van der Waals surface area contributed by atoms with Gasteiger partial charge in [0.1, 0.15) is 22.5 Å². The van der Waals surface area contributed by atoms with Crippen LogP contribution >= 0.6 is 0 Å². The van der Waals surface area contributed by atoms with Gasteiger partial charge in [-0.15, -0.1) is 0 Å². The lowest BCUT2D eigenvalue weighted by atomic mass is 10.1. The van der Waals surface area contributed by atoms with Gasteiger partial charge in [0.25, 0.3) is 0 Å². The van der Waals surface area contributed by atoms with Crippen LogP contribution in [-0.2, 0) is 4.79 Å². The van der Waals surface area contributed by atoms with E-state index in [4.69, 9.17) is 13.9 Å². The number of rotatable bonds is 17. The number of phenols is 3. The zero-order valence-electron chi connectivity index (χ0n) is 31.9. The first kappa shape index (κ1) is 45.5. The maximum atomic E-state index is 13.7. The minimum Gasteiger partial charge on any atom is -0.508 e. The Labute approximate surface area is 300 Å². The van der Waals surface area contributed by atoms with E-state index < -0.39 is 17.1 Å². The second-order valence-electron chi connectivity index (χ2n) is 10.9. The molecule has 3 rings (SSSR count). The fraction of sp³-hybridized carbons (Fsp3) is 0.476. The number of phenolic OH excluding ortho intramolecular Hbond substituents is 3. The van der Waals surface area contributed by atoms with E-state index in [1.54, 1.807) is 13.8 Å². The fourth-order valence-electron chi connectivity index (χ4n) is 4.60. The number of hydrogen-bond donors (Lipinski definition) is 3. The van der Waals surface area contributed by atoms with Gasteiger partial charge in [0.2, 0.25) is 11.2 Å². The fourth-order valence-corrected chi connectivity index (χ4v) is 4.60. The van der Waals surface area contributed by atoms with Crippen LogP contribution in [0.15, 0.2) is 76.0 Å². The second-order valence-corrected chi connectivity index (χ2v) is 10.9. The van der Waals surface area contributed by atoms with Crippen molar-refractivity contribution in [2.75, 3.05) is 0 Å². The Balaban J connectivity index is 0.00000379. The lowest BCUT2D eigenvalue weighted by Gasteiger charge is -2.15. The van der Waals surface area contributed by atoms with Crippen molar-refractivity contribution in [3.05, 3.63) is 77.0 Å². The molecule has 0 saturated heterocycles. The summed E-state index contributed by atoms with van der Waals surface area (Å²) >= 11 is 0. The molecule has 1 heterocycles. The van der Waals surface area contributed by atoms with Gasteiger partial charge in [-0.05, 0) is 70.6 Å².